The van der Waals surface area contributed by atoms with Crippen molar-refractivity contribution < 1.29 is 4.74 Å². The van der Waals surface area contributed by atoms with Crippen LogP contribution in [0.2, 0.25) is 0 Å². The van der Waals surface area contributed by atoms with E-state index in [0.29, 0.717) is 12.6 Å². The summed E-state index contributed by atoms with van der Waals surface area (Å²) in [5.74, 6) is 0. The number of ether oxygens (including phenoxy) is 1. The van der Waals surface area contributed by atoms with E-state index < -0.39 is 0 Å². The van der Waals surface area contributed by atoms with E-state index in [4.69, 9.17) is 16.3 Å². The number of rotatable bonds is 5. The Morgan fingerprint density at radius 1 is 1.45 bits per heavy atom. The van der Waals surface area contributed by atoms with Crippen molar-refractivity contribution in [3.05, 3.63) is 0 Å². The van der Waals surface area contributed by atoms with Crippen LogP contribution in [-0.2, 0) is 4.74 Å². The Morgan fingerprint density at radius 2 is 2.00 bits per heavy atom. The molecule has 0 radical (unpaired) electrons. The maximum Gasteiger partial charge on any atom is 0.0696 e. The molecule has 0 aliphatic carbocycles. The molecule has 0 bridgehead atoms. The van der Waals surface area contributed by atoms with E-state index in [-0.39, 0.29) is 5.38 Å². The van der Waals surface area contributed by atoms with E-state index in [1.807, 2.05) is 0 Å². The summed E-state index contributed by atoms with van der Waals surface area (Å²) >= 11 is 5.95. The van der Waals surface area contributed by atoms with E-state index in [9.17, 15) is 0 Å². The second kappa shape index (κ2) is 5.81. The van der Waals surface area contributed by atoms with Gasteiger partial charge in [0.2, 0.25) is 0 Å². The Hall–Kier alpha value is 0.210. The van der Waals surface area contributed by atoms with Gasteiger partial charge in [-0.25, -0.2) is 0 Å². The van der Waals surface area contributed by atoms with Crippen LogP contribution >= 0.6 is 11.6 Å². The van der Waals surface area contributed by atoms with Gasteiger partial charge in [-0.2, -0.15) is 0 Å². The molecule has 0 heterocycles. The van der Waals surface area contributed by atoms with Crippen molar-refractivity contribution in [3.8, 4) is 0 Å². The summed E-state index contributed by atoms with van der Waals surface area (Å²) in [6.07, 6.45) is 0. The minimum Gasteiger partial charge on any atom is -0.383 e. The van der Waals surface area contributed by atoms with Crippen molar-refractivity contribution in [2.24, 2.45) is 0 Å². The SMILES string of the molecule is COCC(Cl)CN(C)C(C)C. The van der Waals surface area contributed by atoms with Crippen LogP contribution in [0.15, 0.2) is 0 Å². The normalized spacial score (nSPS) is 14.5. The molecule has 3 heteroatoms. The smallest absolute Gasteiger partial charge is 0.0696 e. The molecule has 0 aliphatic rings. The fourth-order valence-electron chi connectivity index (χ4n) is 0.757. The highest BCUT2D eigenvalue weighted by Gasteiger charge is 2.09. The lowest BCUT2D eigenvalue weighted by Gasteiger charge is -2.23. The van der Waals surface area contributed by atoms with Gasteiger partial charge in [0.25, 0.3) is 0 Å². The molecule has 0 spiro atoms. The van der Waals surface area contributed by atoms with E-state index in [2.05, 4.69) is 25.8 Å². The molecular weight excluding hydrogens is 162 g/mol. The molecule has 0 fully saturated rings. The molecule has 1 atom stereocenters. The molecule has 0 aliphatic heterocycles. The number of alkyl halides is 1. The van der Waals surface area contributed by atoms with Gasteiger partial charge in [0.05, 0.1) is 12.0 Å². The van der Waals surface area contributed by atoms with Crippen LogP contribution in [0.25, 0.3) is 0 Å². The van der Waals surface area contributed by atoms with Gasteiger partial charge in [-0.05, 0) is 20.9 Å². The monoisotopic (exact) mass is 179 g/mol. The van der Waals surface area contributed by atoms with Crippen molar-refractivity contribution >= 4 is 11.6 Å². The maximum atomic E-state index is 5.95. The highest BCUT2D eigenvalue weighted by atomic mass is 35.5. The first-order valence-corrected chi connectivity index (χ1v) is 4.34. The van der Waals surface area contributed by atoms with Gasteiger partial charge in [0, 0.05) is 19.7 Å². The fraction of sp³-hybridized carbons (Fsp3) is 1.00. The second-order valence-corrected chi connectivity index (χ2v) is 3.70. The Morgan fingerprint density at radius 3 is 2.36 bits per heavy atom. The summed E-state index contributed by atoms with van der Waals surface area (Å²) < 4.78 is 4.93. The molecular formula is C8H18ClNO. The third-order valence-electron chi connectivity index (χ3n) is 1.72. The van der Waals surface area contributed by atoms with Crippen LogP contribution in [0.1, 0.15) is 13.8 Å². The van der Waals surface area contributed by atoms with Crippen molar-refractivity contribution in [3.63, 3.8) is 0 Å². The Kier molecular flexibility index (Phi) is 5.92. The van der Waals surface area contributed by atoms with Gasteiger partial charge >= 0.3 is 0 Å². The predicted octanol–water partition coefficient (Wildman–Crippen LogP) is 1.58. The fourth-order valence-corrected chi connectivity index (χ4v) is 1.10. The Bertz CT molecular complexity index is 98.1. The van der Waals surface area contributed by atoms with Crippen LogP contribution in [-0.4, -0.2) is 43.6 Å². The van der Waals surface area contributed by atoms with E-state index in [1.54, 1.807) is 7.11 Å². The molecule has 0 saturated carbocycles. The van der Waals surface area contributed by atoms with Crippen LogP contribution in [0.4, 0.5) is 0 Å². The summed E-state index contributed by atoms with van der Waals surface area (Å²) in [5.41, 5.74) is 0. The Balaban J connectivity index is 3.48. The number of methoxy groups -OCH3 is 1. The molecule has 0 aromatic carbocycles. The average molecular weight is 180 g/mol. The average Bonchev–Trinajstić information content (AvgIpc) is 1.87. The van der Waals surface area contributed by atoms with Crippen LogP contribution in [0, 0.1) is 0 Å². The van der Waals surface area contributed by atoms with Crippen LogP contribution in [0.3, 0.4) is 0 Å². The quantitative estimate of drug-likeness (QED) is 0.595. The minimum absolute atomic E-state index is 0.104. The lowest BCUT2D eigenvalue weighted by atomic mass is 10.3. The number of nitrogens with zero attached hydrogens (tertiary/aromatic N) is 1. The lowest BCUT2D eigenvalue weighted by Crippen LogP contribution is -2.33. The molecule has 0 rings (SSSR count). The maximum absolute atomic E-state index is 5.95. The van der Waals surface area contributed by atoms with Crippen molar-refractivity contribution in [2.45, 2.75) is 25.3 Å². The van der Waals surface area contributed by atoms with Gasteiger partial charge in [-0.1, -0.05) is 0 Å². The zero-order valence-corrected chi connectivity index (χ0v) is 8.56. The summed E-state index contributed by atoms with van der Waals surface area (Å²) in [7, 11) is 3.74. The van der Waals surface area contributed by atoms with Crippen molar-refractivity contribution in [2.75, 3.05) is 27.3 Å². The third-order valence-corrected chi connectivity index (χ3v) is 1.98. The zero-order valence-electron chi connectivity index (χ0n) is 7.80. The summed E-state index contributed by atoms with van der Waals surface area (Å²) in [6.45, 7) is 5.80. The highest BCUT2D eigenvalue weighted by molar-refractivity contribution is 6.20. The van der Waals surface area contributed by atoms with Crippen molar-refractivity contribution in [1.82, 2.24) is 4.90 Å². The van der Waals surface area contributed by atoms with Gasteiger partial charge in [0.1, 0.15) is 0 Å². The third kappa shape index (κ3) is 5.48. The highest BCUT2D eigenvalue weighted by Crippen LogP contribution is 2.01. The van der Waals surface area contributed by atoms with E-state index >= 15 is 0 Å². The van der Waals surface area contributed by atoms with Gasteiger partial charge in [-0.3, -0.25) is 0 Å². The molecule has 11 heavy (non-hydrogen) atoms. The molecule has 0 amide bonds. The minimum atomic E-state index is 0.104. The van der Waals surface area contributed by atoms with Gasteiger partial charge in [0.15, 0.2) is 0 Å². The second-order valence-electron chi connectivity index (χ2n) is 3.09. The predicted molar refractivity (Wildman–Crippen MR) is 49.3 cm³/mol. The molecule has 68 valence electrons. The molecule has 1 unspecified atom stereocenters. The van der Waals surface area contributed by atoms with Gasteiger partial charge in [-0.15, -0.1) is 11.6 Å². The number of hydrogen-bond acceptors (Lipinski definition) is 2. The first-order valence-electron chi connectivity index (χ1n) is 3.91. The van der Waals surface area contributed by atoms with Crippen molar-refractivity contribution in [1.29, 1.82) is 0 Å². The first-order chi connectivity index (χ1) is 5.07. The summed E-state index contributed by atoms with van der Waals surface area (Å²) in [5, 5.41) is 0.104. The zero-order chi connectivity index (χ0) is 8.85. The topological polar surface area (TPSA) is 12.5 Å². The van der Waals surface area contributed by atoms with E-state index in [0.717, 1.165) is 6.54 Å². The Labute approximate surface area is 74.5 Å². The molecule has 0 aromatic heterocycles. The molecule has 0 N–H and O–H groups in total. The first kappa shape index (κ1) is 11.2. The van der Waals surface area contributed by atoms with Crippen LogP contribution < -0.4 is 0 Å². The van der Waals surface area contributed by atoms with Gasteiger partial charge < -0.3 is 9.64 Å². The molecule has 2 nitrogen and oxygen atoms in total. The number of halogens is 1. The molecule has 0 aromatic rings. The lowest BCUT2D eigenvalue weighted by molar-refractivity contribution is 0.174. The standard InChI is InChI=1S/C8H18ClNO/c1-7(2)10(3)5-8(9)6-11-4/h7-8H,5-6H2,1-4H3. The largest absolute Gasteiger partial charge is 0.383 e. The van der Waals surface area contributed by atoms with E-state index in [1.165, 1.54) is 0 Å². The summed E-state index contributed by atoms with van der Waals surface area (Å²) in [6, 6.07) is 0.549. The molecule has 0 saturated heterocycles. The van der Waals surface area contributed by atoms with Crippen LogP contribution in [0.5, 0.6) is 0 Å². The summed E-state index contributed by atoms with van der Waals surface area (Å²) in [4.78, 5) is 2.21. The number of hydrogen-bond donors (Lipinski definition) is 0.